The zero-order valence-corrected chi connectivity index (χ0v) is 11.1. The third-order valence-electron chi connectivity index (χ3n) is 2.41. The predicted octanol–water partition coefficient (Wildman–Crippen LogP) is 2.23. The summed E-state index contributed by atoms with van der Waals surface area (Å²) in [6.45, 7) is 0. The number of nitrogens with zero attached hydrogens (tertiary/aromatic N) is 4. The van der Waals surface area contributed by atoms with Gasteiger partial charge in [0.15, 0.2) is 0 Å². The van der Waals surface area contributed by atoms with E-state index in [2.05, 4.69) is 43.6 Å². The Balaban J connectivity index is 1.63. The zero-order chi connectivity index (χ0) is 13.9. The number of hydrogen-bond acceptors (Lipinski definition) is 4. The van der Waals surface area contributed by atoms with Crippen LogP contribution >= 0.6 is 0 Å². The van der Waals surface area contributed by atoms with Gasteiger partial charge in [-0.25, -0.2) is 9.97 Å². The molecule has 2 rings (SSSR count). The minimum atomic E-state index is 0.718. The molecule has 98 valence electrons. The fourth-order valence-electron chi connectivity index (χ4n) is 1.46. The lowest BCUT2D eigenvalue weighted by Gasteiger charge is -1.90. The lowest BCUT2D eigenvalue weighted by atomic mass is 10.2. The normalized spacial score (nSPS) is 9.00. The van der Waals surface area contributed by atoms with Crippen molar-refractivity contribution in [3.8, 4) is 23.7 Å². The third-order valence-corrected chi connectivity index (χ3v) is 2.41. The van der Waals surface area contributed by atoms with Crippen LogP contribution in [0.3, 0.4) is 0 Å². The van der Waals surface area contributed by atoms with Crippen molar-refractivity contribution in [2.75, 3.05) is 0 Å². The van der Waals surface area contributed by atoms with Crippen LogP contribution in [0.15, 0.2) is 37.2 Å². The van der Waals surface area contributed by atoms with E-state index in [1.165, 1.54) is 0 Å². The minimum absolute atomic E-state index is 0.718. The molecule has 2 aromatic heterocycles. The van der Waals surface area contributed by atoms with Crippen LogP contribution in [-0.2, 0) is 0 Å². The largest absolute Gasteiger partial charge is 0.260 e. The van der Waals surface area contributed by atoms with Crippen molar-refractivity contribution in [1.82, 2.24) is 19.9 Å². The average Bonchev–Trinajstić information content (AvgIpc) is 2.52. The molecule has 0 N–H and O–H groups in total. The SMILES string of the molecule is C(#Cc1cnccn1)CCCCC#Cc1cnccn1. The Labute approximate surface area is 118 Å². The molecule has 0 amide bonds. The number of unbranched alkanes of at least 4 members (excludes halogenated alkanes) is 3. The highest BCUT2D eigenvalue weighted by Gasteiger charge is 1.87. The van der Waals surface area contributed by atoms with Gasteiger partial charge in [-0.3, -0.25) is 9.97 Å². The van der Waals surface area contributed by atoms with Crippen LogP contribution in [0.4, 0.5) is 0 Å². The third kappa shape index (κ3) is 5.29. The summed E-state index contributed by atoms with van der Waals surface area (Å²) < 4.78 is 0. The monoisotopic (exact) mass is 262 g/mol. The second-order valence-electron chi connectivity index (χ2n) is 3.99. The quantitative estimate of drug-likeness (QED) is 0.628. The van der Waals surface area contributed by atoms with Gasteiger partial charge in [0, 0.05) is 37.6 Å². The first-order valence-electron chi connectivity index (χ1n) is 6.45. The number of rotatable bonds is 3. The average molecular weight is 262 g/mol. The molecule has 0 aliphatic heterocycles. The van der Waals surface area contributed by atoms with Gasteiger partial charge in [0.25, 0.3) is 0 Å². The second kappa shape index (κ2) is 8.39. The number of hydrogen-bond donors (Lipinski definition) is 0. The molecular weight excluding hydrogens is 248 g/mol. The van der Waals surface area contributed by atoms with Gasteiger partial charge in [0.1, 0.15) is 11.4 Å². The molecular formula is C16H14N4. The predicted molar refractivity (Wildman–Crippen MR) is 76.3 cm³/mol. The van der Waals surface area contributed by atoms with Gasteiger partial charge in [-0.15, -0.1) is 0 Å². The Morgan fingerprint density at radius 3 is 1.60 bits per heavy atom. The van der Waals surface area contributed by atoms with Crippen molar-refractivity contribution in [1.29, 1.82) is 0 Å². The Morgan fingerprint density at radius 1 is 0.700 bits per heavy atom. The van der Waals surface area contributed by atoms with Crippen LogP contribution in [0.2, 0.25) is 0 Å². The molecule has 0 aromatic carbocycles. The molecule has 0 saturated carbocycles. The Morgan fingerprint density at radius 2 is 1.20 bits per heavy atom. The minimum Gasteiger partial charge on any atom is -0.260 e. The summed E-state index contributed by atoms with van der Waals surface area (Å²) in [7, 11) is 0. The summed E-state index contributed by atoms with van der Waals surface area (Å²) in [5.41, 5.74) is 1.44. The van der Waals surface area contributed by atoms with Crippen molar-refractivity contribution in [2.45, 2.75) is 25.7 Å². The summed E-state index contributed by atoms with van der Waals surface area (Å²) in [4.78, 5) is 16.1. The van der Waals surface area contributed by atoms with Crippen LogP contribution < -0.4 is 0 Å². The standard InChI is InChI=1S/C16H14N4/c1(3-5-7-15-13-17-9-11-19-15)2-4-6-8-16-14-18-10-12-20-16/h9-14H,1-4H2. The van der Waals surface area contributed by atoms with Crippen molar-refractivity contribution in [3.63, 3.8) is 0 Å². The first-order valence-corrected chi connectivity index (χ1v) is 6.45. The van der Waals surface area contributed by atoms with Crippen LogP contribution in [0.25, 0.3) is 0 Å². The molecule has 4 nitrogen and oxygen atoms in total. The molecule has 4 heteroatoms. The lowest BCUT2D eigenvalue weighted by Crippen LogP contribution is -1.82. The number of aromatic nitrogens is 4. The molecule has 0 aliphatic carbocycles. The molecule has 0 radical (unpaired) electrons. The van der Waals surface area contributed by atoms with Gasteiger partial charge in [0.05, 0.1) is 12.4 Å². The first-order chi connectivity index (χ1) is 9.95. The van der Waals surface area contributed by atoms with E-state index in [-0.39, 0.29) is 0 Å². The van der Waals surface area contributed by atoms with Gasteiger partial charge in [-0.05, 0) is 24.7 Å². The highest BCUT2D eigenvalue weighted by Crippen LogP contribution is 1.98. The molecule has 0 unspecified atom stereocenters. The van der Waals surface area contributed by atoms with Crippen LogP contribution in [0, 0.1) is 23.7 Å². The van der Waals surface area contributed by atoms with E-state index in [1.54, 1.807) is 37.2 Å². The fraction of sp³-hybridized carbons (Fsp3) is 0.250. The summed E-state index contributed by atoms with van der Waals surface area (Å²) in [6, 6.07) is 0. The van der Waals surface area contributed by atoms with Crippen LogP contribution in [0.1, 0.15) is 37.1 Å². The van der Waals surface area contributed by atoms with E-state index >= 15 is 0 Å². The summed E-state index contributed by atoms with van der Waals surface area (Å²) >= 11 is 0. The molecule has 0 aliphatic rings. The van der Waals surface area contributed by atoms with Crippen molar-refractivity contribution >= 4 is 0 Å². The topological polar surface area (TPSA) is 51.6 Å². The van der Waals surface area contributed by atoms with E-state index in [0.29, 0.717) is 0 Å². The molecule has 0 bridgehead atoms. The van der Waals surface area contributed by atoms with Gasteiger partial charge in [0.2, 0.25) is 0 Å². The molecule has 2 aromatic rings. The van der Waals surface area contributed by atoms with Gasteiger partial charge in [-0.2, -0.15) is 0 Å². The van der Waals surface area contributed by atoms with E-state index in [4.69, 9.17) is 0 Å². The Hall–Kier alpha value is -2.72. The van der Waals surface area contributed by atoms with Crippen molar-refractivity contribution < 1.29 is 0 Å². The lowest BCUT2D eigenvalue weighted by molar-refractivity contribution is 0.782. The molecule has 0 atom stereocenters. The van der Waals surface area contributed by atoms with Gasteiger partial charge < -0.3 is 0 Å². The summed E-state index contributed by atoms with van der Waals surface area (Å²) in [6.07, 6.45) is 13.7. The van der Waals surface area contributed by atoms with E-state index in [1.807, 2.05) is 0 Å². The molecule has 2 heterocycles. The summed E-state index contributed by atoms with van der Waals surface area (Å²) in [5, 5.41) is 0. The highest BCUT2D eigenvalue weighted by atomic mass is 14.8. The fourth-order valence-corrected chi connectivity index (χ4v) is 1.46. The molecule has 0 spiro atoms. The molecule has 20 heavy (non-hydrogen) atoms. The maximum atomic E-state index is 4.09. The summed E-state index contributed by atoms with van der Waals surface area (Å²) in [5.74, 6) is 12.1. The van der Waals surface area contributed by atoms with E-state index in [9.17, 15) is 0 Å². The second-order valence-corrected chi connectivity index (χ2v) is 3.99. The van der Waals surface area contributed by atoms with Crippen LogP contribution in [-0.4, -0.2) is 19.9 Å². The van der Waals surface area contributed by atoms with Gasteiger partial charge >= 0.3 is 0 Å². The molecule has 0 saturated heterocycles. The Bertz CT molecular complexity index is 571. The zero-order valence-electron chi connectivity index (χ0n) is 11.1. The Kier molecular flexibility index (Phi) is 5.75. The first kappa shape index (κ1) is 13.7. The maximum Gasteiger partial charge on any atom is 0.131 e. The van der Waals surface area contributed by atoms with E-state index in [0.717, 1.165) is 37.1 Å². The van der Waals surface area contributed by atoms with Crippen LogP contribution in [0.5, 0.6) is 0 Å². The maximum absolute atomic E-state index is 4.09. The van der Waals surface area contributed by atoms with Gasteiger partial charge in [-0.1, -0.05) is 11.8 Å². The van der Waals surface area contributed by atoms with Crippen molar-refractivity contribution in [2.24, 2.45) is 0 Å². The molecule has 0 fully saturated rings. The smallest absolute Gasteiger partial charge is 0.131 e. The highest BCUT2D eigenvalue weighted by molar-refractivity contribution is 5.24. The van der Waals surface area contributed by atoms with E-state index < -0.39 is 0 Å². The van der Waals surface area contributed by atoms with Crippen molar-refractivity contribution in [3.05, 3.63) is 48.6 Å².